The van der Waals surface area contributed by atoms with Gasteiger partial charge in [0.2, 0.25) is 15.9 Å². The van der Waals surface area contributed by atoms with Gasteiger partial charge in [-0.15, -0.1) is 11.3 Å². The number of piperidine rings is 1. The van der Waals surface area contributed by atoms with E-state index < -0.39 is 10.0 Å². The average molecular weight is 360 g/mol. The van der Waals surface area contributed by atoms with E-state index in [1.807, 2.05) is 10.3 Å². The van der Waals surface area contributed by atoms with Gasteiger partial charge in [0.1, 0.15) is 0 Å². The molecule has 8 heteroatoms. The van der Waals surface area contributed by atoms with Gasteiger partial charge >= 0.3 is 0 Å². The Balaban J connectivity index is 1.88. The molecule has 1 unspecified atom stereocenters. The number of hydrogen-bond donors (Lipinski definition) is 1. The van der Waals surface area contributed by atoms with Crippen molar-refractivity contribution in [2.45, 2.75) is 39.0 Å². The van der Waals surface area contributed by atoms with Gasteiger partial charge in [-0.3, -0.25) is 4.79 Å². The summed E-state index contributed by atoms with van der Waals surface area (Å²) in [6, 6.07) is 0. The van der Waals surface area contributed by atoms with Gasteiger partial charge in [-0.25, -0.2) is 18.1 Å². The van der Waals surface area contributed by atoms with Crippen LogP contribution in [0.15, 0.2) is 5.38 Å². The molecule has 1 saturated heterocycles. The highest BCUT2D eigenvalue weighted by molar-refractivity contribution is 7.88. The smallest absolute Gasteiger partial charge is 0.228 e. The minimum atomic E-state index is -3.18. The number of carbonyl (C=O) groups is 1. The first-order chi connectivity index (χ1) is 10.7. The number of rotatable bonds is 6. The van der Waals surface area contributed by atoms with Crippen LogP contribution in [0.5, 0.6) is 0 Å². The van der Waals surface area contributed by atoms with Gasteiger partial charge in [-0.1, -0.05) is 13.8 Å². The van der Waals surface area contributed by atoms with Gasteiger partial charge in [0.05, 0.1) is 23.4 Å². The number of likely N-dealkylation sites (tertiary alicyclic amines) is 1. The van der Waals surface area contributed by atoms with Crippen LogP contribution in [-0.4, -0.2) is 50.1 Å². The molecule has 1 N–H and O–H groups in total. The van der Waals surface area contributed by atoms with Crippen LogP contribution in [-0.2, 0) is 21.2 Å². The highest BCUT2D eigenvalue weighted by Crippen LogP contribution is 2.21. The van der Waals surface area contributed by atoms with E-state index in [1.165, 1.54) is 0 Å². The van der Waals surface area contributed by atoms with Gasteiger partial charge in [0, 0.05) is 30.9 Å². The Labute approximate surface area is 142 Å². The number of hydrogen-bond acceptors (Lipinski definition) is 5. The molecule has 1 aromatic rings. The van der Waals surface area contributed by atoms with Crippen molar-refractivity contribution in [2.24, 2.45) is 5.92 Å². The summed E-state index contributed by atoms with van der Waals surface area (Å²) in [6.07, 6.45) is 3.35. The zero-order chi connectivity index (χ0) is 17.0. The Kier molecular flexibility index (Phi) is 6.16. The molecule has 23 heavy (non-hydrogen) atoms. The molecule has 130 valence electrons. The molecule has 2 rings (SSSR count). The summed E-state index contributed by atoms with van der Waals surface area (Å²) in [7, 11) is -3.18. The van der Waals surface area contributed by atoms with Crippen molar-refractivity contribution in [3.05, 3.63) is 16.1 Å². The molecule has 0 saturated carbocycles. The maximum absolute atomic E-state index is 12.4. The van der Waals surface area contributed by atoms with Crippen LogP contribution in [0.1, 0.15) is 43.3 Å². The lowest BCUT2D eigenvalue weighted by atomic mass is 9.98. The monoisotopic (exact) mass is 359 g/mol. The van der Waals surface area contributed by atoms with E-state index in [4.69, 9.17) is 0 Å². The number of nitrogens with one attached hydrogen (secondary N) is 1. The van der Waals surface area contributed by atoms with E-state index in [2.05, 4.69) is 23.6 Å². The molecule has 0 radical (unpaired) electrons. The van der Waals surface area contributed by atoms with Crippen molar-refractivity contribution in [3.63, 3.8) is 0 Å². The van der Waals surface area contributed by atoms with E-state index in [-0.39, 0.29) is 11.8 Å². The third-order valence-electron chi connectivity index (χ3n) is 3.90. The predicted octanol–water partition coefficient (Wildman–Crippen LogP) is 1.60. The van der Waals surface area contributed by atoms with E-state index >= 15 is 0 Å². The lowest BCUT2D eigenvalue weighted by Crippen LogP contribution is -2.44. The van der Waals surface area contributed by atoms with Gasteiger partial charge < -0.3 is 4.90 Å². The maximum Gasteiger partial charge on any atom is 0.228 e. The normalized spacial score (nSPS) is 19.3. The number of aromatic nitrogens is 1. The van der Waals surface area contributed by atoms with Gasteiger partial charge in [-0.05, 0) is 18.8 Å². The largest absolute Gasteiger partial charge is 0.342 e. The van der Waals surface area contributed by atoms with E-state index in [0.29, 0.717) is 25.4 Å². The second-order valence-corrected chi connectivity index (χ2v) is 9.20. The molecule has 1 aliphatic rings. The highest BCUT2D eigenvalue weighted by Gasteiger charge is 2.24. The summed E-state index contributed by atoms with van der Waals surface area (Å²) in [5, 5.41) is 3.02. The molecule has 2 heterocycles. The zero-order valence-corrected chi connectivity index (χ0v) is 15.5. The van der Waals surface area contributed by atoms with Crippen LogP contribution in [0, 0.1) is 5.92 Å². The van der Waals surface area contributed by atoms with Crippen LogP contribution in [0.25, 0.3) is 0 Å². The second-order valence-electron chi connectivity index (χ2n) is 6.48. The van der Waals surface area contributed by atoms with Crippen molar-refractivity contribution in [3.8, 4) is 0 Å². The molecule has 1 amide bonds. The minimum absolute atomic E-state index is 0.0784. The third-order valence-corrected chi connectivity index (χ3v) is 5.79. The molecule has 1 fully saturated rings. The number of thiazole rings is 1. The summed E-state index contributed by atoms with van der Waals surface area (Å²) in [5.74, 6) is 0.643. The summed E-state index contributed by atoms with van der Waals surface area (Å²) >= 11 is 1.60. The fraction of sp³-hybridized carbons (Fsp3) is 0.733. The quantitative estimate of drug-likeness (QED) is 0.837. The van der Waals surface area contributed by atoms with Crippen molar-refractivity contribution in [1.29, 1.82) is 0 Å². The SMILES string of the molecule is CC(C)c1nc(CC(=O)N2CCCC(CNS(C)(=O)=O)C2)cs1. The third kappa shape index (κ3) is 5.86. The first-order valence-corrected chi connectivity index (χ1v) is 10.7. The molecule has 1 aromatic heterocycles. The standard InChI is InChI=1S/C15H25N3O3S2/c1-11(2)15-17-13(10-22-15)7-14(19)18-6-4-5-12(9-18)8-16-23(3,20)21/h10-12,16H,4-9H2,1-3H3. The predicted molar refractivity (Wildman–Crippen MR) is 92.1 cm³/mol. The summed E-state index contributed by atoms with van der Waals surface area (Å²) in [5.41, 5.74) is 0.833. The minimum Gasteiger partial charge on any atom is -0.342 e. The second kappa shape index (κ2) is 7.72. The Bertz CT molecular complexity index is 640. The summed E-state index contributed by atoms with van der Waals surface area (Å²) < 4.78 is 24.9. The van der Waals surface area contributed by atoms with Gasteiger partial charge in [-0.2, -0.15) is 0 Å². The zero-order valence-electron chi connectivity index (χ0n) is 13.9. The molecule has 1 aliphatic heterocycles. The summed E-state index contributed by atoms with van der Waals surface area (Å²) in [4.78, 5) is 18.8. The molecule has 0 aromatic carbocycles. The van der Waals surface area contributed by atoms with Crippen molar-refractivity contribution in [1.82, 2.24) is 14.6 Å². The molecular weight excluding hydrogens is 334 g/mol. The fourth-order valence-corrected chi connectivity index (χ4v) is 4.04. The van der Waals surface area contributed by atoms with Crippen LogP contribution >= 0.6 is 11.3 Å². The number of amides is 1. The Morgan fingerprint density at radius 3 is 2.87 bits per heavy atom. The molecule has 0 bridgehead atoms. The first-order valence-electron chi connectivity index (χ1n) is 7.91. The number of sulfonamides is 1. The molecule has 0 spiro atoms. The van der Waals surface area contributed by atoms with Crippen LogP contribution in [0.3, 0.4) is 0 Å². The fourth-order valence-electron chi connectivity index (χ4n) is 2.66. The Morgan fingerprint density at radius 2 is 2.26 bits per heavy atom. The van der Waals surface area contributed by atoms with Crippen LogP contribution in [0.4, 0.5) is 0 Å². The molecule has 1 atom stereocenters. The first kappa shape index (κ1) is 18.4. The van der Waals surface area contributed by atoms with Crippen LogP contribution < -0.4 is 4.72 Å². The molecular formula is C15H25N3O3S2. The lowest BCUT2D eigenvalue weighted by Gasteiger charge is -2.32. The molecule has 0 aliphatic carbocycles. The number of nitrogens with zero attached hydrogens (tertiary/aromatic N) is 2. The van der Waals surface area contributed by atoms with Gasteiger partial charge in [0.25, 0.3) is 0 Å². The Hall–Kier alpha value is -0.990. The molecule has 6 nitrogen and oxygen atoms in total. The van der Waals surface area contributed by atoms with Crippen LogP contribution in [0.2, 0.25) is 0 Å². The Morgan fingerprint density at radius 1 is 1.52 bits per heavy atom. The topological polar surface area (TPSA) is 79.4 Å². The van der Waals surface area contributed by atoms with E-state index in [1.54, 1.807) is 11.3 Å². The van der Waals surface area contributed by atoms with E-state index in [9.17, 15) is 13.2 Å². The van der Waals surface area contributed by atoms with Crippen molar-refractivity contribution in [2.75, 3.05) is 25.9 Å². The van der Waals surface area contributed by atoms with Crippen molar-refractivity contribution >= 4 is 27.3 Å². The maximum atomic E-state index is 12.4. The van der Waals surface area contributed by atoms with Crippen molar-refractivity contribution < 1.29 is 13.2 Å². The average Bonchev–Trinajstić information content (AvgIpc) is 2.93. The number of carbonyl (C=O) groups excluding carboxylic acids is 1. The lowest BCUT2D eigenvalue weighted by molar-refractivity contribution is -0.132. The van der Waals surface area contributed by atoms with E-state index in [0.717, 1.165) is 36.3 Å². The highest BCUT2D eigenvalue weighted by atomic mass is 32.2. The summed E-state index contributed by atoms with van der Waals surface area (Å²) in [6.45, 7) is 5.94. The van der Waals surface area contributed by atoms with Gasteiger partial charge in [0.15, 0.2) is 0 Å².